The van der Waals surface area contributed by atoms with Crippen molar-refractivity contribution in [2.45, 2.75) is 32.4 Å². The summed E-state index contributed by atoms with van der Waals surface area (Å²) in [5.74, 6) is 0.491. The normalized spacial score (nSPS) is 12.1. The minimum Gasteiger partial charge on any atom is -0.481 e. The van der Waals surface area contributed by atoms with Crippen LogP contribution in [0.25, 0.3) is 10.9 Å². The number of ether oxygens (including phenoxy) is 1. The average Bonchev–Trinajstić information content (AvgIpc) is 3.44. The first-order valence-corrected chi connectivity index (χ1v) is 12.7. The maximum absolute atomic E-state index is 9.86. The largest absolute Gasteiger partial charge is 0.481 e. The Labute approximate surface area is 231 Å². The summed E-state index contributed by atoms with van der Waals surface area (Å²) in [4.78, 5) is 8.72. The van der Waals surface area contributed by atoms with Crippen LogP contribution in [0.2, 0.25) is 5.02 Å². The molecule has 0 aliphatic rings. The fourth-order valence-corrected chi connectivity index (χ4v) is 4.43. The lowest BCUT2D eigenvalue weighted by molar-refractivity contribution is 0.347. The standard InChI is InChI=1S/C29H27ClN8O/c1-29(2,3)38-17-24(36-37-38)27(18-8-6-5-7-9-18)35-21-12-22-26(34-20-10-11-25(39-4)32-16-20)19(14-31)15-33-28(22)23(30)13-21/h5-13,15-17,27,35H,1-4H3,(H,33,34). The predicted octanol–water partition coefficient (Wildman–Crippen LogP) is 6.46. The fraction of sp³-hybridized carbons (Fsp3) is 0.207. The highest BCUT2D eigenvalue weighted by molar-refractivity contribution is 6.36. The number of benzene rings is 2. The molecule has 3 aromatic heterocycles. The van der Waals surface area contributed by atoms with Crippen molar-refractivity contribution in [3.8, 4) is 11.9 Å². The van der Waals surface area contributed by atoms with Crippen LogP contribution in [-0.4, -0.2) is 32.1 Å². The van der Waals surface area contributed by atoms with Crippen molar-refractivity contribution >= 4 is 39.6 Å². The van der Waals surface area contributed by atoms with Crippen LogP contribution in [0, 0.1) is 11.3 Å². The van der Waals surface area contributed by atoms with E-state index in [4.69, 9.17) is 16.3 Å². The van der Waals surface area contributed by atoms with Gasteiger partial charge in [-0.05, 0) is 44.5 Å². The van der Waals surface area contributed by atoms with Crippen molar-refractivity contribution in [3.05, 3.63) is 95.0 Å². The zero-order valence-electron chi connectivity index (χ0n) is 22.0. The Balaban J connectivity index is 1.59. The zero-order valence-corrected chi connectivity index (χ0v) is 22.7. The Hall–Kier alpha value is -4.68. The summed E-state index contributed by atoms with van der Waals surface area (Å²) in [7, 11) is 1.56. The summed E-state index contributed by atoms with van der Waals surface area (Å²) in [5, 5.41) is 26.7. The highest BCUT2D eigenvalue weighted by atomic mass is 35.5. The Kier molecular flexibility index (Phi) is 7.05. The van der Waals surface area contributed by atoms with E-state index >= 15 is 0 Å². The number of nitriles is 1. The van der Waals surface area contributed by atoms with Crippen molar-refractivity contribution < 1.29 is 4.74 Å². The lowest BCUT2D eigenvalue weighted by atomic mass is 10.0. The highest BCUT2D eigenvalue weighted by Crippen LogP contribution is 2.36. The van der Waals surface area contributed by atoms with Gasteiger partial charge in [0.25, 0.3) is 0 Å². The fourth-order valence-electron chi connectivity index (χ4n) is 4.16. The van der Waals surface area contributed by atoms with Crippen LogP contribution >= 0.6 is 11.6 Å². The number of aromatic nitrogens is 5. The monoisotopic (exact) mass is 538 g/mol. The molecular weight excluding hydrogens is 512 g/mol. The van der Waals surface area contributed by atoms with Gasteiger partial charge in [0.05, 0.1) is 58.6 Å². The van der Waals surface area contributed by atoms with Crippen molar-refractivity contribution in [1.82, 2.24) is 25.0 Å². The summed E-state index contributed by atoms with van der Waals surface area (Å²) in [6, 6.07) is 19.3. The molecule has 0 fully saturated rings. The molecule has 39 heavy (non-hydrogen) atoms. The number of anilines is 3. The lowest BCUT2D eigenvalue weighted by Crippen LogP contribution is -2.22. The second-order valence-electron chi connectivity index (χ2n) is 9.97. The number of nitrogens with zero attached hydrogens (tertiary/aromatic N) is 6. The predicted molar refractivity (Wildman–Crippen MR) is 152 cm³/mol. The second kappa shape index (κ2) is 10.6. The van der Waals surface area contributed by atoms with Crippen LogP contribution in [0.15, 0.2) is 73.2 Å². The van der Waals surface area contributed by atoms with Crippen molar-refractivity contribution in [3.63, 3.8) is 0 Å². The van der Waals surface area contributed by atoms with Crippen molar-refractivity contribution in [2.75, 3.05) is 17.7 Å². The summed E-state index contributed by atoms with van der Waals surface area (Å²) in [6.07, 6.45) is 5.10. The Morgan fingerprint density at radius 2 is 1.82 bits per heavy atom. The van der Waals surface area contributed by atoms with Crippen LogP contribution in [0.3, 0.4) is 0 Å². The molecule has 5 aromatic rings. The number of methoxy groups -OCH3 is 1. The molecule has 10 heteroatoms. The number of hydrogen-bond acceptors (Lipinski definition) is 8. The smallest absolute Gasteiger partial charge is 0.213 e. The molecule has 3 heterocycles. The van der Waals surface area contributed by atoms with Gasteiger partial charge >= 0.3 is 0 Å². The minimum atomic E-state index is -0.301. The molecule has 196 valence electrons. The van der Waals surface area contributed by atoms with Gasteiger partial charge < -0.3 is 15.4 Å². The van der Waals surface area contributed by atoms with Gasteiger partial charge in [-0.15, -0.1) is 5.10 Å². The SMILES string of the molecule is COc1ccc(Nc2c(C#N)cnc3c(Cl)cc(NC(c4ccccc4)c4cn(C(C)(C)C)nn4)cc23)cn1. The van der Waals surface area contributed by atoms with Gasteiger partial charge in [0, 0.05) is 23.3 Å². The van der Waals surface area contributed by atoms with E-state index in [1.54, 1.807) is 19.4 Å². The molecule has 0 radical (unpaired) electrons. The summed E-state index contributed by atoms with van der Waals surface area (Å²) in [5.41, 5.74) is 4.51. The van der Waals surface area contributed by atoms with E-state index in [2.05, 4.69) is 57.8 Å². The van der Waals surface area contributed by atoms with Gasteiger partial charge in [0.2, 0.25) is 5.88 Å². The Morgan fingerprint density at radius 1 is 1.03 bits per heavy atom. The van der Waals surface area contributed by atoms with Crippen LogP contribution in [-0.2, 0) is 5.54 Å². The maximum Gasteiger partial charge on any atom is 0.213 e. The van der Waals surface area contributed by atoms with Gasteiger partial charge in [-0.2, -0.15) is 5.26 Å². The first-order valence-electron chi connectivity index (χ1n) is 12.3. The first kappa shape index (κ1) is 25.9. The number of rotatable bonds is 7. The summed E-state index contributed by atoms with van der Waals surface area (Å²) >= 11 is 6.74. The molecule has 0 spiro atoms. The van der Waals surface area contributed by atoms with E-state index < -0.39 is 0 Å². The van der Waals surface area contributed by atoms with Crippen molar-refractivity contribution in [1.29, 1.82) is 5.26 Å². The highest BCUT2D eigenvalue weighted by Gasteiger charge is 2.22. The van der Waals surface area contributed by atoms with E-state index in [-0.39, 0.29) is 11.6 Å². The van der Waals surface area contributed by atoms with Crippen LogP contribution < -0.4 is 15.4 Å². The van der Waals surface area contributed by atoms with Gasteiger partial charge in [-0.3, -0.25) is 4.98 Å². The molecule has 0 aliphatic heterocycles. The maximum atomic E-state index is 9.86. The average molecular weight is 539 g/mol. The third kappa shape index (κ3) is 5.47. The summed E-state index contributed by atoms with van der Waals surface area (Å²) in [6.45, 7) is 6.23. The van der Waals surface area contributed by atoms with Gasteiger partial charge in [0.15, 0.2) is 0 Å². The first-order chi connectivity index (χ1) is 18.8. The van der Waals surface area contributed by atoms with Gasteiger partial charge in [0.1, 0.15) is 11.8 Å². The van der Waals surface area contributed by atoms with Crippen LogP contribution in [0.1, 0.15) is 43.6 Å². The molecule has 1 unspecified atom stereocenters. The Bertz CT molecular complexity index is 1650. The number of halogens is 1. The third-order valence-electron chi connectivity index (χ3n) is 6.20. The second-order valence-corrected chi connectivity index (χ2v) is 10.4. The van der Waals surface area contributed by atoms with E-state index in [9.17, 15) is 5.26 Å². The molecular formula is C29H27ClN8O. The number of fused-ring (bicyclic) bond motifs is 1. The summed E-state index contributed by atoms with van der Waals surface area (Å²) < 4.78 is 7.01. The molecule has 0 aliphatic carbocycles. The van der Waals surface area contributed by atoms with Gasteiger partial charge in [-0.25, -0.2) is 9.67 Å². The molecule has 9 nitrogen and oxygen atoms in total. The molecule has 2 N–H and O–H groups in total. The molecule has 0 bridgehead atoms. The molecule has 2 aromatic carbocycles. The lowest BCUT2D eigenvalue weighted by Gasteiger charge is -2.21. The third-order valence-corrected chi connectivity index (χ3v) is 6.49. The number of nitrogens with one attached hydrogen (secondary N) is 2. The minimum absolute atomic E-state index is 0.213. The number of hydrogen-bond donors (Lipinski definition) is 2. The molecule has 5 rings (SSSR count). The molecule has 1 atom stereocenters. The van der Waals surface area contributed by atoms with E-state index in [1.807, 2.05) is 59.4 Å². The topological polar surface area (TPSA) is 114 Å². The molecule has 0 saturated heterocycles. The van der Waals surface area contributed by atoms with Crippen LogP contribution in [0.5, 0.6) is 5.88 Å². The van der Waals surface area contributed by atoms with E-state index in [1.165, 1.54) is 6.20 Å². The van der Waals surface area contributed by atoms with E-state index in [0.717, 1.165) is 16.9 Å². The van der Waals surface area contributed by atoms with E-state index in [0.29, 0.717) is 38.7 Å². The van der Waals surface area contributed by atoms with Crippen LogP contribution in [0.4, 0.5) is 17.1 Å². The quantitative estimate of drug-likeness (QED) is 0.243. The molecule has 0 saturated carbocycles. The zero-order chi connectivity index (χ0) is 27.6. The van der Waals surface area contributed by atoms with Gasteiger partial charge in [-0.1, -0.05) is 47.1 Å². The number of pyridine rings is 2. The van der Waals surface area contributed by atoms with Crippen molar-refractivity contribution in [2.24, 2.45) is 0 Å². The Morgan fingerprint density at radius 3 is 2.46 bits per heavy atom. The molecule has 0 amide bonds.